The van der Waals surface area contributed by atoms with Gasteiger partial charge < -0.3 is 10.6 Å². The highest BCUT2D eigenvalue weighted by Crippen LogP contribution is 2.17. The van der Waals surface area contributed by atoms with E-state index >= 15 is 0 Å². The number of hydrogen-bond acceptors (Lipinski definition) is 5. The highest BCUT2D eigenvalue weighted by molar-refractivity contribution is 5.51. The molecule has 0 atom stereocenters. The lowest BCUT2D eigenvalue weighted by Gasteiger charge is -2.27. The highest BCUT2D eigenvalue weighted by atomic mass is 16.1. The van der Waals surface area contributed by atoms with Gasteiger partial charge in [-0.25, -0.2) is 4.98 Å². The Morgan fingerprint density at radius 2 is 1.95 bits per heavy atom. The van der Waals surface area contributed by atoms with Crippen molar-refractivity contribution in [3.05, 3.63) is 28.2 Å². The lowest BCUT2D eigenvalue weighted by atomic mass is 10.1. The summed E-state index contributed by atoms with van der Waals surface area (Å²) in [6.07, 6.45) is 3.60. The first-order valence-electron chi connectivity index (χ1n) is 6.58. The Morgan fingerprint density at radius 3 is 2.68 bits per heavy atom. The first kappa shape index (κ1) is 12.0. The summed E-state index contributed by atoms with van der Waals surface area (Å²) in [4.78, 5) is 18.6. The van der Waals surface area contributed by atoms with Crippen LogP contribution >= 0.6 is 0 Å². The molecule has 0 spiro atoms. The van der Waals surface area contributed by atoms with Gasteiger partial charge in [0.05, 0.1) is 5.69 Å². The van der Waals surface area contributed by atoms with E-state index in [0.29, 0.717) is 11.3 Å². The average Bonchev–Trinajstić information content (AvgIpc) is 2.46. The van der Waals surface area contributed by atoms with Crippen LogP contribution in [0.5, 0.6) is 0 Å². The Balaban J connectivity index is 2.12. The summed E-state index contributed by atoms with van der Waals surface area (Å²) in [5.74, 6) is 0.819. The van der Waals surface area contributed by atoms with Crippen LogP contribution in [-0.2, 0) is 0 Å². The standard InChI is InChI=1S/C13H17N5O/c1-9-12(14)13(19)18-10(15-9)5-6-11(16-18)17-7-3-2-4-8-17/h5-6H,2-4,7-8,14H2,1H3. The lowest BCUT2D eigenvalue weighted by molar-refractivity contribution is 0.569. The zero-order valence-corrected chi connectivity index (χ0v) is 11.0. The number of fused-ring (bicyclic) bond motifs is 1. The van der Waals surface area contributed by atoms with E-state index in [-0.39, 0.29) is 11.2 Å². The van der Waals surface area contributed by atoms with Gasteiger partial charge in [0.2, 0.25) is 0 Å². The van der Waals surface area contributed by atoms with Crippen molar-refractivity contribution < 1.29 is 0 Å². The molecule has 100 valence electrons. The van der Waals surface area contributed by atoms with Gasteiger partial charge in [0, 0.05) is 13.1 Å². The normalized spacial score (nSPS) is 15.9. The molecule has 0 saturated carbocycles. The van der Waals surface area contributed by atoms with Crippen molar-refractivity contribution in [3.63, 3.8) is 0 Å². The molecule has 1 aliphatic heterocycles. The summed E-state index contributed by atoms with van der Waals surface area (Å²) in [5, 5.41) is 4.39. The molecule has 2 aromatic heterocycles. The number of nitrogens with zero attached hydrogens (tertiary/aromatic N) is 4. The predicted octanol–water partition coefficient (Wildman–Crippen LogP) is 0.970. The Morgan fingerprint density at radius 1 is 1.21 bits per heavy atom. The number of aromatic nitrogens is 3. The van der Waals surface area contributed by atoms with Crippen molar-refractivity contribution in [1.82, 2.24) is 14.6 Å². The first-order valence-corrected chi connectivity index (χ1v) is 6.58. The second-order valence-electron chi connectivity index (χ2n) is 4.93. The van der Waals surface area contributed by atoms with Gasteiger partial charge in [-0.05, 0) is 38.3 Å². The van der Waals surface area contributed by atoms with Crippen LogP contribution in [0.3, 0.4) is 0 Å². The summed E-state index contributed by atoms with van der Waals surface area (Å²) in [6, 6.07) is 3.74. The van der Waals surface area contributed by atoms with E-state index in [4.69, 9.17) is 5.73 Å². The van der Waals surface area contributed by atoms with E-state index < -0.39 is 0 Å². The maximum absolute atomic E-state index is 12.1. The van der Waals surface area contributed by atoms with Gasteiger partial charge in [0.15, 0.2) is 5.65 Å². The molecule has 0 aliphatic carbocycles. The summed E-state index contributed by atoms with van der Waals surface area (Å²) < 4.78 is 1.30. The topological polar surface area (TPSA) is 76.5 Å². The first-order chi connectivity index (χ1) is 9.16. The van der Waals surface area contributed by atoms with Gasteiger partial charge in [-0.2, -0.15) is 4.52 Å². The molecule has 1 aliphatic rings. The lowest BCUT2D eigenvalue weighted by Crippen LogP contribution is -2.32. The minimum atomic E-state index is -0.290. The van der Waals surface area contributed by atoms with E-state index in [2.05, 4.69) is 15.0 Å². The summed E-state index contributed by atoms with van der Waals surface area (Å²) in [6.45, 7) is 3.71. The minimum Gasteiger partial charge on any atom is -0.393 e. The van der Waals surface area contributed by atoms with Gasteiger partial charge in [0.1, 0.15) is 11.5 Å². The SMILES string of the molecule is Cc1nc2ccc(N3CCCCC3)nn2c(=O)c1N. The molecular weight excluding hydrogens is 242 g/mol. The van der Waals surface area contributed by atoms with E-state index in [1.165, 1.54) is 23.8 Å². The van der Waals surface area contributed by atoms with Crippen LogP contribution in [0.1, 0.15) is 25.0 Å². The molecule has 1 fully saturated rings. The van der Waals surface area contributed by atoms with Gasteiger partial charge in [-0.15, -0.1) is 5.10 Å². The number of piperidine rings is 1. The smallest absolute Gasteiger partial charge is 0.297 e. The number of aryl methyl sites for hydroxylation is 1. The number of hydrogen-bond donors (Lipinski definition) is 1. The fraction of sp³-hybridized carbons (Fsp3) is 0.462. The zero-order valence-electron chi connectivity index (χ0n) is 11.0. The maximum Gasteiger partial charge on any atom is 0.297 e. The van der Waals surface area contributed by atoms with Crippen molar-refractivity contribution in [2.45, 2.75) is 26.2 Å². The fourth-order valence-electron chi connectivity index (χ4n) is 2.43. The third-order valence-corrected chi connectivity index (χ3v) is 3.58. The van der Waals surface area contributed by atoms with Crippen molar-refractivity contribution in [3.8, 4) is 0 Å². The quantitative estimate of drug-likeness (QED) is 0.825. The van der Waals surface area contributed by atoms with Crippen molar-refractivity contribution in [2.24, 2.45) is 0 Å². The van der Waals surface area contributed by atoms with Crippen LogP contribution < -0.4 is 16.2 Å². The van der Waals surface area contributed by atoms with Gasteiger partial charge in [-0.1, -0.05) is 0 Å². The second-order valence-corrected chi connectivity index (χ2v) is 4.93. The molecule has 6 heteroatoms. The van der Waals surface area contributed by atoms with Gasteiger partial charge >= 0.3 is 0 Å². The Labute approximate surface area is 110 Å². The van der Waals surface area contributed by atoms with E-state index in [0.717, 1.165) is 18.9 Å². The Bertz CT molecular complexity index is 673. The van der Waals surface area contributed by atoms with Crippen LogP contribution in [0, 0.1) is 6.92 Å². The summed E-state index contributed by atoms with van der Waals surface area (Å²) >= 11 is 0. The van der Waals surface area contributed by atoms with Crippen molar-refractivity contribution >= 4 is 17.2 Å². The van der Waals surface area contributed by atoms with Gasteiger partial charge in [0.25, 0.3) is 5.56 Å². The molecule has 0 bridgehead atoms. The van der Waals surface area contributed by atoms with Crippen molar-refractivity contribution in [1.29, 1.82) is 0 Å². The largest absolute Gasteiger partial charge is 0.393 e. The highest BCUT2D eigenvalue weighted by Gasteiger charge is 2.14. The van der Waals surface area contributed by atoms with E-state index in [1.54, 1.807) is 6.92 Å². The third-order valence-electron chi connectivity index (χ3n) is 3.58. The average molecular weight is 259 g/mol. The Kier molecular flexibility index (Phi) is 2.85. The zero-order chi connectivity index (χ0) is 13.4. The number of nitrogen functional groups attached to an aromatic ring is 1. The van der Waals surface area contributed by atoms with E-state index in [1.807, 2.05) is 12.1 Å². The molecule has 0 aromatic carbocycles. The molecular formula is C13H17N5O. The second kappa shape index (κ2) is 4.53. The maximum atomic E-state index is 12.1. The molecule has 6 nitrogen and oxygen atoms in total. The van der Waals surface area contributed by atoms with Crippen LogP contribution in [0.15, 0.2) is 16.9 Å². The third kappa shape index (κ3) is 2.03. The van der Waals surface area contributed by atoms with E-state index in [9.17, 15) is 4.79 Å². The number of anilines is 2. The molecule has 1 saturated heterocycles. The molecule has 19 heavy (non-hydrogen) atoms. The minimum absolute atomic E-state index is 0.167. The monoisotopic (exact) mass is 259 g/mol. The molecule has 0 unspecified atom stereocenters. The van der Waals surface area contributed by atoms with Crippen LogP contribution in [0.4, 0.5) is 11.5 Å². The van der Waals surface area contributed by atoms with Crippen LogP contribution in [0.25, 0.3) is 5.65 Å². The number of nitrogens with two attached hydrogens (primary N) is 1. The van der Waals surface area contributed by atoms with Gasteiger partial charge in [-0.3, -0.25) is 4.79 Å². The molecule has 0 radical (unpaired) electrons. The Hall–Kier alpha value is -2.11. The summed E-state index contributed by atoms with van der Waals surface area (Å²) in [7, 11) is 0. The summed E-state index contributed by atoms with van der Waals surface area (Å²) in [5.41, 5.74) is 6.70. The van der Waals surface area contributed by atoms with Crippen LogP contribution in [0.2, 0.25) is 0 Å². The van der Waals surface area contributed by atoms with Crippen LogP contribution in [-0.4, -0.2) is 27.7 Å². The molecule has 2 N–H and O–H groups in total. The molecule has 3 heterocycles. The molecule has 2 aromatic rings. The molecule has 3 rings (SSSR count). The fourth-order valence-corrected chi connectivity index (χ4v) is 2.43. The van der Waals surface area contributed by atoms with Crippen molar-refractivity contribution in [2.75, 3.05) is 23.7 Å². The number of rotatable bonds is 1. The predicted molar refractivity (Wildman–Crippen MR) is 74.5 cm³/mol. The molecule has 0 amide bonds.